The van der Waals surface area contributed by atoms with Gasteiger partial charge in [-0.2, -0.15) is 0 Å². The fourth-order valence-corrected chi connectivity index (χ4v) is 3.16. The fourth-order valence-electron chi connectivity index (χ4n) is 1.91. The molecule has 0 atom stereocenters. The average molecular weight is 291 g/mol. The molecule has 1 aromatic rings. The number of nitrogens with two attached hydrogens (primary N) is 1. The molecular formula is C12H19ClN2O2S. The van der Waals surface area contributed by atoms with E-state index in [9.17, 15) is 8.42 Å². The quantitative estimate of drug-likeness (QED) is 0.884. The largest absolute Gasteiger partial charge is 0.324 e. The average Bonchev–Trinajstić information content (AvgIpc) is 2.24. The molecule has 6 heteroatoms. The summed E-state index contributed by atoms with van der Waals surface area (Å²) in [6.45, 7) is 2.19. The van der Waals surface area contributed by atoms with E-state index >= 15 is 0 Å². The van der Waals surface area contributed by atoms with Crippen LogP contribution in [0.1, 0.15) is 24.8 Å². The van der Waals surface area contributed by atoms with Gasteiger partial charge in [-0.1, -0.05) is 12.1 Å². The molecule has 0 bridgehead atoms. The Morgan fingerprint density at radius 3 is 2.56 bits per heavy atom. The van der Waals surface area contributed by atoms with Crippen molar-refractivity contribution in [2.45, 2.75) is 36.6 Å². The van der Waals surface area contributed by atoms with E-state index in [1.165, 1.54) is 0 Å². The van der Waals surface area contributed by atoms with E-state index < -0.39 is 10.0 Å². The Balaban J connectivity index is 0.00000162. The number of hydrogen-bond donors (Lipinski definition) is 2. The van der Waals surface area contributed by atoms with Crippen molar-refractivity contribution in [3.8, 4) is 0 Å². The summed E-state index contributed by atoms with van der Waals surface area (Å²) in [5.74, 6) is 0. The van der Waals surface area contributed by atoms with Gasteiger partial charge in [0.15, 0.2) is 0 Å². The van der Waals surface area contributed by atoms with Crippen molar-refractivity contribution in [3.05, 3.63) is 29.8 Å². The van der Waals surface area contributed by atoms with Gasteiger partial charge in [0.05, 0.1) is 4.90 Å². The minimum Gasteiger partial charge on any atom is -0.324 e. The van der Waals surface area contributed by atoms with E-state index in [-0.39, 0.29) is 17.9 Å². The highest BCUT2D eigenvalue weighted by atomic mass is 35.5. The summed E-state index contributed by atoms with van der Waals surface area (Å²) in [5, 5.41) is 0. The van der Waals surface area contributed by atoms with Gasteiger partial charge < -0.3 is 5.73 Å². The number of rotatable bonds is 4. The van der Waals surface area contributed by atoms with Crippen molar-refractivity contribution < 1.29 is 8.42 Å². The summed E-state index contributed by atoms with van der Waals surface area (Å²) in [4.78, 5) is 0.306. The Bertz CT molecular complexity index is 513. The van der Waals surface area contributed by atoms with Gasteiger partial charge in [-0.3, -0.25) is 0 Å². The SMILES string of the molecule is Cc1cccc(S(=O)(=O)NCC2(N)CCC2)c1.Cl. The predicted octanol–water partition coefficient (Wildman–Crippen LogP) is 1.58. The molecule has 1 aliphatic carbocycles. The van der Waals surface area contributed by atoms with Gasteiger partial charge in [-0.25, -0.2) is 13.1 Å². The molecule has 2 rings (SSSR count). The summed E-state index contributed by atoms with van der Waals surface area (Å²) >= 11 is 0. The lowest BCUT2D eigenvalue weighted by atomic mass is 9.78. The zero-order chi connectivity index (χ0) is 12.5. The first-order valence-corrected chi connectivity index (χ1v) is 7.25. The first kappa shape index (κ1) is 15.4. The summed E-state index contributed by atoms with van der Waals surface area (Å²) in [6, 6.07) is 6.87. The molecular weight excluding hydrogens is 272 g/mol. The molecule has 102 valence electrons. The first-order valence-electron chi connectivity index (χ1n) is 5.77. The lowest BCUT2D eigenvalue weighted by Crippen LogP contribution is -2.54. The molecule has 18 heavy (non-hydrogen) atoms. The van der Waals surface area contributed by atoms with E-state index in [0.717, 1.165) is 24.8 Å². The Hall–Kier alpha value is -0.620. The van der Waals surface area contributed by atoms with Gasteiger partial charge in [0.1, 0.15) is 0 Å². The predicted molar refractivity (Wildman–Crippen MR) is 74.4 cm³/mol. The lowest BCUT2D eigenvalue weighted by Gasteiger charge is -2.38. The van der Waals surface area contributed by atoms with E-state index in [2.05, 4.69) is 4.72 Å². The van der Waals surface area contributed by atoms with Crippen LogP contribution < -0.4 is 10.5 Å². The smallest absolute Gasteiger partial charge is 0.240 e. The van der Waals surface area contributed by atoms with E-state index in [0.29, 0.717) is 11.4 Å². The van der Waals surface area contributed by atoms with Crippen molar-refractivity contribution in [1.29, 1.82) is 0 Å². The van der Waals surface area contributed by atoms with E-state index in [4.69, 9.17) is 5.73 Å². The molecule has 0 radical (unpaired) electrons. The molecule has 0 heterocycles. The Kier molecular flexibility index (Phi) is 4.78. The molecule has 1 aromatic carbocycles. The fraction of sp³-hybridized carbons (Fsp3) is 0.500. The van der Waals surface area contributed by atoms with Crippen molar-refractivity contribution in [3.63, 3.8) is 0 Å². The molecule has 0 amide bonds. The Labute approximate surface area is 114 Å². The van der Waals surface area contributed by atoms with Crippen molar-refractivity contribution in [2.75, 3.05) is 6.54 Å². The number of halogens is 1. The maximum atomic E-state index is 12.0. The second-order valence-electron chi connectivity index (χ2n) is 4.86. The standard InChI is InChI=1S/C12H18N2O2S.ClH/c1-10-4-2-5-11(8-10)17(15,16)14-9-12(13)6-3-7-12;/h2,4-5,8,14H,3,6-7,9,13H2,1H3;1H. The molecule has 0 saturated heterocycles. The van der Waals surface area contributed by atoms with Crippen LogP contribution in [0.15, 0.2) is 29.2 Å². The Morgan fingerprint density at radius 2 is 2.06 bits per heavy atom. The highest BCUT2D eigenvalue weighted by Crippen LogP contribution is 2.28. The molecule has 0 aromatic heterocycles. The van der Waals surface area contributed by atoms with Gasteiger partial charge in [-0.15, -0.1) is 12.4 Å². The number of nitrogens with one attached hydrogen (secondary N) is 1. The van der Waals surface area contributed by atoms with Gasteiger partial charge in [-0.05, 0) is 43.9 Å². The molecule has 0 aliphatic heterocycles. The zero-order valence-electron chi connectivity index (χ0n) is 10.3. The number of hydrogen-bond acceptors (Lipinski definition) is 3. The molecule has 0 spiro atoms. The summed E-state index contributed by atoms with van der Waals surface area (Å²) in [7, 11) is -3.42. The van der Waals surface area contributed by atoms with Crippen molar-refractivity contribution in [1.82, 2.24) is 4.72 Å². The van der Waals surface area contributed by atoms with E-state index in [1.54, 1.807) is 18.2 Å². The molecule has 0 unspecified atom stereocenters. The second-order valence-corrected chi connectivity index (χ2v) is 6.62. The normalized spacial score (nSPS) is 17.7. The summed E-state index contributed by atoms with van der Waals surface area (Å²) in [6.07, 6.45) is 2.87. The van der Waals surface area contributed by atoms with Crippen LogP contribution in [0.2, 0.25) is 0 Å². The third-order valence-corrected chi connectivity index (χ3v) is 4.66. The van der Waals surface area contributed by atoms with Crippen LogP contribution in [0.4, 0.5) is 0 Å². The number of aryl methyl sites for hydroxylation is 1. The van der Waals surface area contributed by atoms with Crippen molar-refractivity contribution in [2.24, 2.45) is 5.73 Å². The third kappa shape index (κ3) is 3.45. The maximum absolute atomic E-state index is 12.0. The van der Waals surface area contributed by atoms with Gasteiger partial charge >= 0.3 is 0 Å². The summed E-state index contributed by atoms with van der Waals surface area (Å²) < 4.78 is 26.6. The minimum atomic E-state index is -3.42. The van der Waals surface area contributed by atoms with Crippen molar-refractivity contribution >= 4 is 22.4 Å². The number of benzene rings is 1. The molecule has 4 nitrogen and oxygen atoms in total. The van der Waals surface area contributed by atoms with Crippen LogP contribution in [0.25, 0.3) is 0 Å². The van der Waals surface area contributed by atoms with Gasteiger partial charge in [0.25, 0.3) is 0 Å². The highest BCUT2D eigenvalue weighted by molar-refractivity contribution is 7.89. The monoisotopic (exact) mass is 290 g/mol. The van der Waals surface area contributed by atoms with E-state index in [1.807, 2.05) is 13.0 Å². The molecule has 3 N–H and O–H groups in total. The second kappa shape index (κ2) is 5.57. The topological polar surface area (TPSA) is 72.2 Å². The first-order chi connectivity index (χ1) is 7.91. The van der Waals surface area contributed by atoms with Gasteiger partial charge in [0, 0.05) is 12.1 Å². The van der Waals surface area contributed by atoms with Gasteiger partial charge in [0.2, 0.25) is 10.0 Å². The van der Waals surface area contributed by atoms with Crippen LogP contribution in [0.5, 0.6) is 0 Å². The molecule has 1 aliphatic rings. The number of sulfonamides is 1. The van der Waals surface area contributed by atoms with Crippen LogP contribution in [0, 0.1) is 6.92 Å². The highest BCUT2D eigenvalue weighted by Gasteiger charge is 2.33. The molecule has 1 fully saturated rings. The van der Waals surface area contributed by atoms with Crippen LogP contribution in [-0.2, 0) is 10.0 Å². The minimum absolute atomic E-state index is 0. The maximum Gasteiger partial charge on any atom is 0.240 e. The molecule has 1 saturated carbocycles. The van der Waals surface area contributed by atoms with Crippen LogP contribution in [0.3, 0.4) is 0 Å². The van der Waals surface area contributed by atoms with Crippen LogP contribution >= 0.6 is 12.4 Å². The third-order valence-electron chi connectivity index (χ3n) is 3.26. The summed E-state index contributed by atoms with van der Waals surface area (Å²) in [5.41, 5.74) is 6.58. The van der Waals surface area contributed by atoms with Crippen LogP contribution in [-0.4, -0.2) is 20.5 Å². The lowest BCUT2D eigenvalue weighted by molar-refractivity contribution is 0.251. The zero-order valence-corrected chi connectivity index (χ0v) is 12.0. The Morgan fingerprint density at radius 1 is 1.39 bits per heavy atom.